The average Bonchev–Trinajstić information content (AvgIpc) is 2.97. The van der Waals surface area contributed by atoms with Gasteiger partial charge >= 0.3 is 0 Å². The smallest absolute Gasteiger partial charge is 0.262 e. The molecule has 0 aliphatic heterocycles. The van der Waals surface area contributed by atoms with E-state index in [-0.39, 0.29) is 16.5 Å². The van der Waals surface area contributed by atoms with Crippen LogP contribution < -0.4 is 10.7 Å². The van der Waals surface area contributed by atoms with E-state index in [0.29, 0.717) is 15.5 Å². The third kappa shape index (κ3) is 5.59. The summed E-state index contributed by atoms with van der Waals surface area (Å²) >= 11 is 15.0. The lowest BCUT2D eigenvalue weighted by Gasteiger charge is -2.20. The van der Waals surface area contributed by atoms with E-state index >= 15 is 0 Å². The van der Waals surface area contributed by atoms with Crippen LogP contribution in [0.2, 0.25) is 10.0 Å². The second-order valence-corrected chi connectivity index (χ2v) is 7.32. The SMILES string of the molecule is CC(C)C(NC(=O)c1ccc(Cl)cc1Cl)C(=O)NN=Cc1ccc(Br)o1. The molecule has 2 amide bonds. The summed E-state index contributed by atoms with van der Waals surface area (Å²) in [7, 11) is 0. The van der Waals surface area contributed by atoms with E-state index in [9.17, 15) is 9.59 Å². The maximum Gasteiger partial charge on any atom is 0.262 e. The zero-order valence-corrected chi connectivity index (χ0v) is 17.0. The Balaban J connectivity index is 2.04. The second kappa shape index (κ2) is 9.21. The number of hydrogen-bond donors (Lipinski definition) is 2. The fourth-order valence-corrected chi connectivity index (χ4v) is 2.87. The molecule has 0 saturated heterocycles. The highest BCUT2D eigenvalue weighted by molar-refractivity contribution is 9.10. The number of carbonyl (C=O) groups is 2. The maximum absolute atomic E-state index is 12.4. The molecule has 9 heteroatoms. The fourth-order valence-electron chi connectivity index (χ4n) is 2.05. The van der Waals surface area contributed by atoms with Crippen LogP contribution in [0.15, 0.2) is 44.5 Å². The molecule has 2 aromatic rings. The summed E-state index contributed by atoms with van der Waals surface area (Å²) in [6.45, 7) is 3.61. The molecular weight excluding hydrogens is 445 g/mol. The monoisotopic (exact) mass is 459 g/mol. The van der Waals surface area contributed by atoms with Crippen LogP contribution in [0.25, 0.3) is 0 Å². The number of carbonyl (C=O) groups excluding carboxylic acids is 2. The number of hydrogen-bond acceptors (Lipinski definition) is 4. The standard InChI is InChI=1S/C17H16BrCl2N3O3/c1-9(2)15(17(25)23-21-8-11-4-6-14(18)26-11)22-16(24)12-5-3-10(19)7-13(12)20/h3-9,15H,1-2H3,(H,22,24)(H,23,25). The van der Waals surface area contributed by atoms with Gasteiger partial charge in [-0.25, -0.2) is 5.43 Å². The minimum Gasteiger partial charge on any atom is -0.448 e. The molecule has 2 N–H and O–H groups in total. The minimum absolute atomic E-state index is 0.169. The zero-order chi connectivity index (χ0) is 19.3. The van der Waals surface area contributed by atoms with Crippen LogP contribution in [-0.2, 0) is 4.79 Å². The number of benzene rings is 1. The van der Waals surface area contributed by atoms with E-state index in [4.69, 9.17) is 27.6 Å². The number of furan rings is 1. The van der Waals surface area contributed by atoms with Crippen molar-refractivity contribution in [3.8, 4) is 0 Å². The van der Waals surface area contributed by atoms with Gasteiger partial charge in [0.05, 0.1) is 16.8 Å². The van der Waals surface area contributed by atoms with Gasteiger partial charge in [0, 0.05) is 5.02 Å². The number of rotatable bonds is 6. The first-order valence-electron chi connectivity index (χ1n) is 7.62. The molecule has 0 bridgehead atoms. The molecule has 26 heavy (non-hydrogen) atoms. The molecule has 0 radical (unpaired) electrons. The lowest BCUT2D eigenvalue weighted by molar-refractivity contribution is -0.123. The van der Waals surface area contributed by atoms with Gasteiger partial charge < -0.3 is 9.73 Å². The summed E-state index contributed by atoms with van der Waals surface area (Å²) in [6, 6.07) is 7.12. The van der Waals surface area contributed by atoms with E-state index in [1.807, 2.05) is 0 Å². The van der Waals surface area contributed by atoms with Crippen LogP contribution in [0.5, 0.6) is 0 Å². The summed E-state index contributed by atoms with van der Waals surface area (Å²) in [5, 5.41) is 7.12. The molecule has 1 aromatic carbocycles. The Hall–Kier alpha value is -1.83. The molecular formula is C17H16BrCl2N3O3. The van der Waals surface area contributed by atoms with Gasteiger partial charge in [0.25, 0.3) is 11.8 Å². The Labute approximate surface area is 169 Å². The predicted molar refractivity (Wildman–Crippen MR) is 105 cm³/mol. The highest BCUT2D eigenvalue weighted by Crippen LogP contribution is 2.21. The van der Waals surface area contributed by atoms with E-state index in [0.717, 1.165) is 0 Å². The first-order chi connectivity index (χ1) is 12.3. The van der Waals surface area contributed by atoms with Gasteiger partial charge in [-0.15, -0.1) is 0 Å². The van der Waals surface area contributed by atoms with E-state index in [1.54, 1.807) is 32.0 Å². The molecule has 2 rings (SSSR count). The Morgan fingerprint density at radius 3 is 2.54 bits per heavy atom. The van der Waals surface area contributed by atoms with E-state index in [1.165, 1.54) is 18.3 Å². The highest BCUT2D eigenvalue weighted by Gasteiger charge is 2.25. The van der Waals surface area contributed by atoms with Crippen LogP contribution in [0.3, 0.4) is 0 Å². The van der Waals surface area contributed by atoms with Crippen molar-refractivity contribution in [1.29, 1.82) is 0 Å². The largest absolute Gasteiger partial charge is 0.448 e. The van der Waals surface area contributed by atoms with Crippen LogP contribution in [0.1, 0.15) is 30.0 Å². The first-order valence-corrected chi connectivity index (χ1v) is 9.17. The van der Waals surface area contributed by atoms with Gasteiger partial charge in [0.15, 0.2) is 4.67 Å². The minimum atomic E-state index is -0.797. The van der Waals surface area contributed by atoms with Gasteiger partial charge in [0.2, 0.25) is 0 Å². The quantitative estimate of drug-likeness (QED) is 0.499. The number of amides is 2. The van der Waals surface area contributed by atoms with Crippen LogP contribution in [0, 0.1) is 5.92 Å². The van der Waals surface area contributed by atoms with Gasteiger partial charge in [-0.2, -0.15) is 5.10 Å². The molecule has 0 aliphatic rings. The molecule has 0 saturated carbocycles. The summed E-state index contributed by atoms with van der Waals surface area (Å²) in [6.07, 6.45) is 1.36. The Morgan fingerprint density at radius 1 is 1.23 bits per heavy atom. The van der Waals surface area contributed by atoms with Crippen molar-refractivity contribution in [3.05, 3.63) is 56.4 Å². The Kier molecular flexibility index (Phi) is 7.25. The molecule has 0 spiro atoms. The summed E-state index contributed by atoms with van der Waals surface area (Å²) < 4.78 is 5.79. The first kappa shape index (κ1) is 20.5. The van der Waals surface area contributed by atoms with Crippen molar-refractivity contribution >= 4 is 57.2 Å². The van der Waals surface area contributed by atoms with Crippen LogP contribution in [0.4, 0.5) is 0 Å². The van der Waals surface area contributed by atoms with Gasteiger partial charge in [-0.3, -0.25) is 9.59 Å². The Bertz CT molecular complexity index is 836. The van der Waals surface area contributed by atoms with Crippen LogP contribution in [-0.4, -0.2) is 24.1 Å². The number of nitrogens with one attached hydrogen (secondary N) is 2. The summed E-state index contributed by atoms with van der Waals surface area (Å²) in [5.74, 6) is -0.631. The third-order valence-corrected chi connectivity index (χ3v) is 4.35. The molecule has 0 fully saturated rings. The van der Waals surface area contributed by atoms with Crippen LogP contribution >= 0.6 is 39.1 Å². The lowest BCUT2D eigenvalue weighted by Crippen LogP contribution is -2.48. The second-order valence-electron chi connectivity index (χ2n) is 5.70. The third-order valence-electron chi connectivity index (χ3n) is 3.37. The maximum atomic E-state index is 12.4. The number of halogens is 3. The van der Waals surface area contributed by atoms with Crippen molar-refractivity contribution in [2.45, 2.75) is 19.9 Å². The molecule has 1 heterocycles. The molecule has 1 unspecified atom stereocenters. The summed E-state index contributed by atoms with van der Waals surface area (Å²) in [5.41, 5.74) is 2.62. The normalized spacial score (nSPS) is 12.4. The molecule has 0 aliphatic carbocycles. The van der Waals surface area contributed by atoms with Crippen molar-refractivity contribution in [2.24, 2.45) is 11.0 Å². The highest BCUT2D eigenvalue weighted by atomic mass is 79.9. The van der Waals surface area contributed by atoms with Crippen molar-refractivity contribution in [1.82, 2.24) is 10.7 Å². The topological polar surface area (TPSA) is 83.7 Å². The van der Waals surface area contributed by atoms with Gasteiger partial charge in [0.1, 0.15) is 11.8 Å². The van der Waals surface area contributed by atoms with E-state index in [2.05, 4.69) is 31.8 Å². The fraction of sp³-hybridized carbons (Fsp3) is 0.235. The predicted octanol–water partition coefficient (Wildman–Crippen LogP) is 4.25. The Morgan fingerprint density at radius 2 is 1.96 bits per heavy atom. The van der Waals surface area contributed by atoms with Gasteiger partial charge in [-0.1, -0.05) is 37.0 Å². The van der Waals surface area contributed by atoms with Crippen molar-refractivity contribution in [2.75, 3.05) is 0 Å². The molecule has 1 atom stereocenters. The lowest BCUT2D eigenvalue weighted by atomic mass is 10.0. The van der Waals surface area contributed by atoms with E-state index < -0.39 is 17.9 Å². The van der Waals surface area contributed by atoms with Crippen molar-refractivity contribution < 1.29 is 14.0 Å². The zero-order valence-electron chi connectivity index (χ0n) is 13.9. The summed E-state index contributed by atoms with van der Waals surface area (Å²) in [4.78, 5) is 24.8. The van der Waals surface area contributed by atoms with Crippen molar-refractivity contribution in [3.63, 3.8) is 0 Å². The molecule has 138 valence electrons. The molecule has 1 aromatic heterocycles. The number of nitrogens with zero attached hydrogens (tertiary/aromatic N) is 1. The number of hydrazone groups is 1. The average molecular weight is 461 g/mol. The molecule has 6 nitrogen and oxygen atoms in total. The van der Waals surface area contributed by atoms with Gasteiger partial charge in [-0.05, 0) is 52.2 Å².